The van der Waals surface area contributed by atoms with Gasteiger partial charge in [0.25, 0.3) is 0 Å². The number of fused-ring (bicyclic) bond motifs is 1. The number of benzene rings is 1. The molecule has 0 fully saturated rings. The highest BCUT2D eigenvalue weighted by molar-refractivity contribution is 5.88. The first-order valence-electron chi connectivity index (χ1n) is 6.44. The predicted octanol–water partition coefficient (Wildman–Crippen LogP) is 0.494. The van der Waals surface area contributed by atoms with Gasteiger partial charge in [-0.25, -0.2) is 4.79 Å². The first kappa shape index (κ1) is 11.8. The molecule has 0 aromatic heterocycles. The van der Waals surface area contributed by atoms with Gasteiger partial charge >= 0.3 is 6.03 Å². The Morgan fingerprint density at radius 3 is 3.05 bits per heavy atom. The van der Waals surface area contributed by atoms with Gasteiger partial charge in [0, 0.05) is 25.3 Å². The minimum atomic E-state index is -0.533. The number of hydrogen-bond donors (Lipinski definition) is 3. The van der Waals surface area contributed by atoms with E-state index in [9.17, 15) is 4.79 Å². The number of carbonyl (C=O) groups excluding carboxylic acids is 1. The average molecular weight is 259 g/mol. The molecular weight excluding hydrogens is 242 g/mol. The van der Waals surface area contributed by atoms with Crippen LogP contribution in [-0.4, -0.2) is 36.5 Å². The molecule has 0 atom stereocenters. The highest BCUT2D eigenvalue weighted by Gasteiger charge is 2.21. The molecular formula is C13H17N5O. The third kappa shape index (κ3) is 2.47. The fourth-order valence-electron chi connectivity index (χ4n) is 2.56. The van der Waals surface area contributed by atoms with Gasteiger partial charge in [0.1, 0.15) is 0 Å². The zero-order valence-electron chi connectivity index (χ0n) is 10.6. The van der Waals surface area contributed by atoms with Crippen molar-refractivity contribution in [1.29, 1.82) is 0 Å². The van der Waals surface area contributed by atoms with Gasteiger partial charge in [0.15, 0.2) is 5.96 Å². The molecule has 0 saturated carbocycles. The number of amides is 2. The number of nitrogens with one attached hydrogen (secondary N) is 2. The van der Waals surface area contributed by atoms with Crippen molar-refractivity contribution in [2.45, 2.75) is 13.0 Å². The second kappa shape index (κ2) is 4.79. The molecule has 0 unspecified atom stereocenters. The fraction of sp³-hybridized carbons (Fsp3) is 0.385. The summed E-state index contributed by atoms with van der Waals surface area (Å²) in [7, 11) is 0. The molecule has 4 N–H and O–H groups in total. The van der Waals surface area contributed by atoms with Crippen molar-refractivity contribution in [2.24, 2.45) is 10.7 Å². The van der Waals surface area contributed by atoms with Gasteiger partial charge in [-0.15, -0.1) is 0 Å². The van der Waals surface area contributed by atoms with Crippen molar-refractivity contribution in [3.8, 4) is 0 Å². The molecule has 100 valence electrons. The molecule has 0 spiro atoms. The van der Waals surface area contributed by atoms with E-state index in [1.165, 1.54) is 11.1 Å². The van der Waals surface area contributed by atoms with Crippen LogP contribution in [0.25, 0.3) is 0 Å². The zero-order chi connectivity index (χ0) is 13.2. The second-order valence-electron chi connectivity index (χ2n) is 4.78. The van der Waals surface area contributed by atoms with E-state index in [4.69, 9.17) is 5.73 Å². The van der Waals surface area contributed by atoms with Crippen LogP contribution in [0.2, 0.25) is 0 Å². The number of hydrogen-bond acceptors (Lipinski definition) is 4. The second-order valence-corrected chi connectivity index (χ2v) is 4.78. The lowest BCUT2D eigenvalue weighted by Crippen LogP contribution is -2.41. The summed E-state index contributed by atoms with van der Waals surface area (Å²) in [5, 5.41) is 5.90. The van der Waals surface area contributed by atoms with E-state index >= 15 is 0 Å². The maximum Gasteiger partial charge on any atom is 0.316 e. The first-order chi connectivity index (χ1) is 9.22. The van der Waals surface area contributed by atoms with Crippen LogP contribution in [0.15, 0.2) is 23.2 Å². The van der Waals surface area contributed by atoms with Crippen molar-refractivity contribution >= 4 is 17.7 Å². The topological polar surface area (TPSA) is 82.8 Å². The number of primary amides is 1. The molecule has 2 aliphatic rings. The Hall–Kier alpha value is -2.24. The number of anilines is 1. The standard InChI is InChI=1S/C13H17N5O/c14-12(19)17-11-2-1-9-3-6-18(8-10(9)7-11)13-15-4-5-16-13/h1-2,7H,3-6,8H2,(H,15,16)(H3,14,17,19). The highest BCUT2D eigenvalue weighted by Crippen LogP contribution is 2.23. The first-order valence-corrected chi connectivity index (χ1v) is 6.44. The van der Waals surface area contributed by atoms with E-state index in [1.807, 2.05) is 12.1 Å². The summed E-state index contributed by atoms with van der Waals surface area (Å²) >= 11 is 0. The molecule has 1 aromatic carbocycles. The number of guanidine groups is 1. The fourth-order valence-corrected chi connectivity index (χ4v) is 2.56. The monoisotopic (exact) mass is 259 g/mol. The van der Waals surface area contributed by atoms with E-state index in [1.54, 1.807) is 0 Å². The Kier molecular flexibility index (Phi) is 2.98. The normalized spacial score (nSPS) is 17.5. The molecule has 2 aliphatic heterocycles. The van der Waals surface area contributed by atoms with Crippen LogP contribution in [0.3, 0.4) is 0 Å². The number of nitrogens with zero attached hydrogens (tertiary/aromatic N) is 2. The quantitative estimate of drug-likeness (QED) is 0.686. The van der Waals surface area contributed by atoms with Crippen LogP contribution in [0.1, 0.15) is 11.1 Å². The molecule has 0 radical (unpaired) electrons. The van der Waals surface area contributed by atoms with Gasteiger partial charge in [0.2, 0.25) is 0 Å². The largest absolute Gasteiger partial charge is 0.354 e. The lowest BCUT2D eigenvalue weighted by atomic mass is 9.99. The van der Waals surface area contributed by atoms with Gasteiger partial charge in [0.05, 0.1) is 6.54 Å². The summed E-state index contributed by atoms with van der Waals surface area (Å²) in [5.74, 6) is 0.985. The van der Waals surface area contributed by atoms with Gasteiger partial charge in [-0.1, -0.05) is 6.07 Å². The SMILES string of the molecule is NC(=O)Nc1ccc2c(c1)CN(C1=NCCN1)CC2. The zero-order valence-corrected chi connectivity index (χ0v) is 10.6. The molecule has 0 aliphatic carbocycles. The molecule has 0 saturated heterocycles. The minimum absolute atomic E-state index is 0.533. The van der Waals surface area contributed by atoms with Crippen molar-refractivity contribution < 1.29 is 4.79 Å². The summed E-state index contributed by atoms with van der Waals surface area (Å²) in [6.07, 6.45) is 0.993. The van der Waals surface area contributed by atoms with Crippen LogP contribution in [0.5, 0.6) is 0 Å². The number of urea groups is 1. The van der Waals surface area contributed by atoms with Gasteiger partial charge in [-0.05, 0) is 29.7 Å². The lowest BCUT2D eigenvalue weighted by molar-refractivity contribution is 0.259. The Balaban J connectivity index is 1.80. The van der Waals surface area contributed by atoms with Crippen molar-refractivity contribution in [3.05, 3.63) is 29.3 Å². The maximum atomic E-state index is 10.9. The maximum absolute atomic E-state index is 10.9. The van der Waals surface area contributed by atoms with Crippen molar-refractivity contribution in [3.63, 3.8) is 0 Å². The smallest absolute Gasteiger partial charge is 0.316 e. The lowest BCUT2D eigenvalue weighted by Gasteiger charge is -2.30. The summed E-state index contributed by atoms with van der Waals surface area (Å²) in [5.41, 5.74) is 8.42. The molecule has 2 amide bonds. The number of nitrogens with two attached hydrogens (primary N) is 1. The van der Waals surface area contributed by atoms with Crippen LogP contribution in [0.4, 0.5) is 10.5 Å². The van der Waals surface area contributed by atoms with E-state index in [0.717, 1.165) is 44.2 Å². The summed E-state index contributed by atoms with van der Waals surface area (Å²) in [4.78, 5) is 17.6. The number of rotatable bonds is 1. The Morgan fingerprint density at radius 1 is 1.42 bits per heavy atom. The van der Waals surface area contributed by atoms with E-state index in [2.05, 4.69) is 26.6 Å². The molecule has 1 aromatic rings. The number of carbonyl (C=O) groups is 1. The van der Waals surface area contributed by atoms with Gasteiger partial charge in [-0.2, -0.15) is 0 Å². The third-order valence-corrected chi connectivity index (χ3v) is 3.44. The Morgan fingerprint density at radius 2 is 2.32 bits per heavy atom. The molecule has 2 heterocycles. The Bertz CT molecular complexity index is 540. The van der Waals surface area contributed by atoms with Crippen LogP contribution < -0.4 is 16.4 Å². The average Bonchev–Trinajstić information content (AvgIpc) is 2.91. The molecule has 0 bridgehead atoms. The number of aliphatic imine (C=N–C) groups is 1. The van der Waals surface area contributed by atoms with Crippen molar-refractivity contribution in [2.75, 3.05) is 25.0 Å². The van der Waals surface area contributed by atoms with E-state index < -0.39 is 6.03 Å². The minimum Gasteiger partial charge on any atom is -0.354 e. The molecule has 6 heteroatoms. The van der Waals surface area contributed by atoms with E-state index in [-0.39, 0.29) is 0 Å². The third-order valence-electron chi connectivity index (χ3n) is 3.44. The molecule has 19 heavy (non-hydrogen) atoms. The van der Waals surface area contributed by atoms with Gasteiger partial charge in [-0.3, -0.25) is 4.99 Å². The van der Waals surface area contributed by atoms with Crippen LogP contribution >= 0.6 is 0 Å². The van der Waals surface area contributed by atoms with Crippen LogP contribution in [-0.2, 0) is 13.0 Å². The van der Waals surface area contributed by atoms with Crippen LogP contribution in [0, 0.1) is 0 Å². The molecule has 3 rings (SSSR count). The molecule has 6 nitrogen and oxygen atoms in total. The summed E-state index contributed by atoms with van der Waals surface area (Å²) in [6, 6.07) is 5.41. The van der Waals surface area contributed by atoms with Crippen molar-refractivity contribution in [1.82, 2.24) is 10.2 Å². The highest BCUT2D eigenvalue weighted by atomic mass is 16.2. The summed E-state index contributed by atoms with van der Waals surface area (Å²) < 4.78 is 0. The van der Waals surface area contributed by atoms with Gasteiger partial charge < -0.3 is 21.3 Å². The Labute approximate surface area is 111 Å². The summed E-state index contributed by atoms with van der Waals surface area (Å²) in [6.45, 7) is 3.56. The van der Waals surface area contributed by atoms with E-state index in [0.29, 0.717) is 0 Å². The predicted molar refractivity (Wildman–Crippen MR) is 74.1 cm³/mol.